The molecule has 0 aromatic rings. The number of rotatable bonds is 4. The second-order valence-corrected chi connectivity index (χ2v) is 2.58. The highest BCUT2D eigenvalue weighted by Gasteiger charge is 1.91. The molecule has 1 heteroatoms. The van der Waals surface area contributed by atoms with E-state index in [-0.39, 0.29) is 5.78 Å². The number of hydrogen-bond donors (Lipinski definition) is 0. The van der Waals surface area contributed by atoms with E-state index in [1.165, 1.54) is 0 Å². The molecule has 0 bridgehead atoms. The van der Waals surface area contributed by atoms with E-state index in [0.29, 0.717) is 6.42 Å². The zero-order valence-corrected chi connectivity index (χ0v) is 7.55. The van der Waals surface area contributed by atoms with Crippen LogP contribution in [0, 0.1) is 0 Å². The van der Waals surface area contributed by atoms with Crippen molar-refractivity contribution in [2.45, 2.75) is 33.6 Å². The summed E-state index contributed by atoms with van der Waals surface area (Å²) in [5.41, 5.74) is 1.13. The van der Waals surface area contributed by atoms with Crippen LogP contribution in [-0.2, 0) is 4.79 Å². The Kier molecular flexibility index (Phi) is 5.44. The van der Waals surface area contributed by atoms with Gasteiger partial charge < -0.3 is 0 Å². The highest BCUT2D eigenvalue weighted by molar-refractivity contribution is 5.89. The van der Waals surface area contributed by atoms with Gasteiger partial charge in [0.25, 0.3) is 0 Å². The first-order valence-electron chi connectivity index (χ1n) is 4.04. The Labute approximate surface area is 68.8 Å². The first-order chi connectivity index (χ1) is 5.20. The van der Waals surface area contributed by atoms with Crippen LogP contribution < -0.4 is 0 Å². The molecule has 0 saturated heterocycles. The third-order valence-electron chi connectivity index (χ3n) is 1.48. The van der Waals surface area contributed by atoms with E-state index >= 15 is 0 Å². The second-order valence-electron chi connectivity index (χ2n) is 2.58. The Morgan fingerprint density at radius 3 is 2.45 bits per heavy atom. The molecule has 0 saturated carbocycles. The number of allylic oxidation sites excluding steroid dienone is 4. The Morgan fingerprint density at radius 2 is 2.00 bits per heavy atom. The molecule has 11 heavy (non-hydrogen) atoms. The first kappa shape index (κ1) is 10.2. The maximum atomic E-state index is 10.9. The third-order valence-corrected chi connectivity index (χ3v) is 1.48. The molecule has 0 fully saturated rings. The lowest BCUT2D eigenvalue weighted by Gasteiger charge is -1.89. The molecule has 0 unspecified atom stereocenters. The molecule has 0 aliphatic carbocycles. The van der Waals surface area contributed by atoms with Crippen LogP contribution in [0.5, 0.6) is 0 Å². The highest BCUT2D eigenvalue weighted by Crippen LogP contribution is 1.96. The van der Waals surface area contributed by atoms with Gasteiger partial charge in [-0.1, -0.05) is 24.6 Å². The van der Waals surface area contributed by atoms with Gasteiger partial charge in [-0.3, -0.25) is 4.79 Å². The summed E-state index contributed by atoms with van der Waals surface area (Å²) in [4.78, 5) is 10.9. The van der Waals surface area contributed by atoms with Crippen LogP contribution in [0.3, 0.4) is 0 Å². The predicted molar refractivity (Wildman–Crippen MR) is 48.5 cm³/mol. The number of carbonyl (C=O) groups is 1. The van der Waals surface area contributed by atoms with Crippen LogP contribution in [0.25, 0.3) is 0 Å². The Morgan fingerprint density at radius 1 is 1.36 bits per heavy atom. The van der Waals surface area contributed by atoms with Gasteiger partial charge in [0.2, 0.25) is 0 Å². The van der Waals surface area contributed by atoms with Crippen LogP contribution >= 0.6 is 0 Å². The monoisotopic (exact) mass is 152 g/mol. The Balaban J connectivity index is 3.83. The van der Waals surface area contributed by atoms with Crippen LogP contribution in [0.15, 0.2) is 23.8 Å². The van der Waals surface area contributed by atoms with Gasteiger partial charge in [-0.15, -0.1) is 0 Å². The predicted octanol–water partition coefficient (Wildman–Crippen LogP) is 2.88. The van der Waals surface area contributed by atoms with Crippen molar-refractivity contribution in [2.75, 3.05) is 0 Å². The lowest BCUT2D eigenvalue weighted by atomic mass is 10.2. The molecule has 0 atom stereocenters. The molecule has 62 valence electrons. The molecule has 0 aromatic carbocycles. The zero-order chi connectivity index (χ0) is 8.69. The fraction of sp³-hybridized carbons (Fsp3) is 0.500. The van der Waals surface area contributed by atoms with E-state index in [2.05, 4.69) is 0 Å². The minimum absolute atomic E-state index is 0.216. The quantitative estimate of drug-likeness (QED) is 0.447. The molecule has 1 nitrogen and oxygen atoms in total. The summed E-state index contributed by atoms with van der Waals surface area (Å²) in [6.07, 6.45) is 7.08. The van der Waals surface area contributed by atoms with Crippen molar-refractivity contribution < 1.29 is 4.79 Å². The van der Waals surface area contributed by atoms with E-state index in [1.54, 1.807) is 6.08 Å². The first-order valence-corrected chi connectivity index (χ1v) is 4.04. The molecular formula is C10H16O. The number of carbonyl (C=O) groups excluding carboxylic acids is 1. The highest BCUT2D eigenvalue weighted by atomic mass is 16.1. The van der Waals surface area contributed by atoms with Crippen molar-refractivity contribution in [1.82, 2.24) is 0 Å². The maximum Gasteiger partial charge on any atom is 0.155 e. The van der Waals surface area contributed by atoms with Gasteiger partial charge >= 0.3 is 0 Å². The molecule has 0 N–H and O–H groups in total. The normalized spacial score (nSPS) is 12.5. The molecule has 0 spiro atoms. The van der Waals surface area contributed by atoms with Gasteiger partial charge in [0.1, 0.15) is 0 Å². The van der Waals surface area contributed by atoms with Gasteiger partial charge in [0.05, 0.1) is 0 Å². The van der Waals surface area contributed by atoms with Crippen LogP contribution in [0.1, 0.15) is 33.6 Å². The van der Waals surface area contributed by atoms with Crippen molar-refractivity contribution in [3.05, 3.63) is 23.8 Å². The lowest BCUT2D eigenvalue weighted by molar-refractivity contribution is -0.114. The van der Waals surface area contributed by atoms with E-state index in [1.807, 2.05) is 32.9 Å². The van der Waals surface area contributed by atoms with Crippen molar-refractivity contribution in [3.63, 3.8) is 0 Å². The van der Waals surface area contributed by atoms with Crippen LogP contribution in [0.2, 0.25) is 0 Å². The van der Waals surface area contributed by atoms with Gasteiger partial charge in [0.15, 0.2) is 5.78 Å². The standard InChI is InChI=1S/C10H16O/c1-4-6-10(11)8-7-9(3)5-2/h5,7-8H,4,6H2,1-3H3/b8-7+,9-5+. The summed E-state index contributed by atoms with van der Waals surface area (Å²) in [6.45, 7) is 5.95. The number of ketones is 1. The summed E-state index contributed by atoms with van der Waals surface area (Å²) < 4.78 is 0. The van der Waals surface area contributed by atoms with E-state index in [4.69, 9.17) is 0 Å². The van der Waals surface area contributed by atoms with Gasteiger partial charge in [-0.05, 0) is 26.3 Å². The maximum absolute atomic E-state index is 10.9. The minimum atomic E-state index is 0.216. The molecule has 0 rings (SSSR count). The van der Waals surface area contributed by atoms with Crippen LogP contribution in [0.4, 0.5) is 0 Å². The van der Waals surface area contributed by atoms with Crippen molar-refractivity contribution in [1.29, 1.82) is 0 Å². The number of hydrogen-bond acceptors (Lipinski definition) is 1. The van der Waals surface area contributed by atoms with Gasteiger partial charge in [-0.2, -0.15) is 0 Å². The minimum Gasteiger partial charge on any atom is -0.295 e. The molecule has 0 aromatic heterocycles. The topological polar surface area (TPSA) is 17.1 Å². The third kappa shape index (κ3) is 5.59. The van der Waals surface area contributed by atoms with E-state index < -0.39 is 0 Å². The summed E-state index contributed by atoms with van der Waals surface area (Å²) in [5.74, 6) is 0.216. The average molecular weight is 152 g/mol. The molecular weight excluding hydrogens is 136 g/mol. The average Bonchev–Trinajstić information content (AvgIpc) is 2.01. The zero-order valence-electron chi connectivity index (χ0n) is 7.55. The Hall–Kier alpha value is -0.850. The van der Waals surface area contributed by atoms with Gasteiger partial charge in [-0.25, -0.2) is 0 Å². The fourth-order valence-electron chi connectivity index (χ4n) is 0.650. The summed E-state index contributed by atoms with van der Waals surface area (Å²) >= 11 is 0. The second kappa shape index (κ2) is 5.90. The van der Waals surface area contributed by atoms with Gasteiger partial charge in [0, 0.05) is 6.42 Å². The molecule has 0 radical (unpaired) electrons. The fourth-order valence-corrected chi connectivity index (χ4v) is 0.650. The van der Waals surface area contributed by atoms with Crippen molar-refractivity contribution in [2.24, 2.45) is 0 Å². The van der Waals surface area contributed by atoms with Crippen LogP contribution in [-0.4, -0.2) is 5.78 Å². The van der Waals surface area contributed by atoms with Crippen molar-refractivity contribution in [3.8, 4) is 0 Å². The largest absolute Gasteiger partial charge is 0.295 e. The Bertz CT molecular complexity index is 175. The molecule has 0 aliphatic heterocycles. The van der Waals surface area contributed by atoms with E-state index in [9.17, 15) is 4.79 Å². The SMILES string of the molecule is C/C=C(C)/C=C/C(=O)CCC. The summed E-state index contributed by atoms with van der Waals surface area (Å²) in [6, 6.07) is 0. The summed E-state index contributed by atoms with van der Waals surface area (Å²) in [5, 5.41) is 0. The molecule has 0 heterocycles. The smallest absolute Gasteiger partial charge is 0.155 e. The summed E-state index contributed by atoms with van der Waals surface area (Å²) in [7, 11) is 0. The van der Waals surface area contributed by atoms with E-state index in [0.717, 1.165) is 12.0 Å². The van der Waals surface area contributed by atoms with Crippen molar-refractivity contribution >= 4 is 5.78 Å². The molecule has 0 amide bonds. The molecule has 0 aliphatic rings. The lowest BCUT2D eigenvalue weighted by Crippen LogP contribution is -1.89.